The van der Waals surface area contributed by atoms with Gasteiger partial charge in [0.05, 0.1) is 32.0 Å². The molecule has 0 radical (unpaired) electrons. The molecule has 456 valence electrons. The molecule has 1 rings (SSSR count). The number of hydrogen-bond acceptors (Lipinski definition) is 10. The molecule has 0 aliphatic carbocycles. The van der Waals surface area contributed by atoms with E-state index in [0.717, 1.165) is 109 Å². The van der Waals surface area contributed by atoms with Crippen molar-refractivity contribution in [3.8, 4) is 0 Å². The minimum absolute atomic E-state index is 0.0187. The molecule has 0 aromatic rings. The van der Waals surface area contributed by atoms with E-state index in [4.69, 9.17) is 14.2 Å². The highest BCUT2D eigenvalue weighted by Crippen LogP contribution is 2.23. The molecule has 0 bridgehead atoms. The van der Waals surface area contributed by atoms with Crippen molar-refractivity contribution < 1.29 is 49.3 Å². The van der Waals surface area contributed by atoms with Crippen LogP contribution in [0.2, 0.25) is 0 Å². The van der Waals surface area contributed by atoms with Crippen LogP contribution in [0.1, 0.15) is 271 Å². The fourth-order valence-corrected chi connectivity index (χ4v) is 9.53. The Labute approximate surface area is 483 Å². The lowest BCUT2D eigenvalue weighted by molar-refractivity contribution is -0.302. The van der Waals surface area contributed by atoms with Crippen molar-refractivity contribution in [3.05, 3.63) is 85.1 Å². The number of rotatable bonds is 55. The SMILES string of the molecule is CCC/C=C\C/C=C\CCCCCCCC(=O)OCCCCCCCCCCC/C=C\C/C=C\CCCCCCCCCCCC(=O)NC(COC1OC(CO)C(O)C(O)C1O)C(O)/C=C/CC/C=C/CC/C=C/CCCCC. The topological polar surface area (TPSA) is 175 Å². The Balaban J connectivity index is 2.06. The van der Waals surface area contributed by atoms with Crippen molar-refractivity contribution in [2.45, 2.75) is 314 Å². The molecule has 1 amide bonds. The predicted octanol–water partition coefficient (Wildman–Crippen LogP) is 15.7. The van der Waals surface area contributed by atoms with E-state index in [1.54, 1.807) is 6.08 Å². The molecule has 79 heavy (non-hydrogen) atoms. The lowest BCUT2D eigenvalue weighted by atomic mass is 9.99. The number of aliphatic hydroxyl groups excluding tert-OH is 5. The maximum absolute atomic E-state index is 13.0. The van der Waals surface area contributed by atoms with Crippen LogP contribution in [0.3, 0.4) is 0 Å². The molecule has 0 spiro atoms. The average molecular weight is 1110 g/mol. The number of aliphatic hydroxyl groups is 5. The third-order valence-corrected chi connectivity index (χ3v) is 14.7. The smallest absolute Gasteiger partial charge is 0.305 e. The van der Waals surface area contributed by atoms with E-state index in [1.165, 1.54) is 135 Å². The van der Waals surface area contributed by atoms with Crippen LogP contribution in [-0.2, 0) is 23.8 Å². The first-order chi connectivity index (χ1) is 38.7. The first kappa shape index (κ1) is 73.9. The molecular weight excluding hydrogens is 991 g/mol. The average Bonchev–Trinajstić information content (AvgIpc) is 3.45. The Morgan fingerprint density at radius 2 is 0.886 bits per heavy atom. The summed E-state index contributed by atoms with van der Waals surface area (Å²) in [7, 11) is 0. The Morgan fingerprint density at radius 1 is 0.468 bits per heavy atom. The predicted molar refractivity (Wildman–Crippen MR) is 329 cm³/mol. The van der Waals surface area contributed by atoms with E-state index >= 15 is 0 Å². The number of allylic oxidation sites excluding steroid dienone is 13. The van der Waals surface area contributed by atoms with Gasteiger partial charge in [-0.25, -0.2) is 0 Å². The van der Waals surface area contributed by atoms with Crippen molar-refractivity contribution >= 4 is 11.9 Å². The number of ether oxygens (including phenoxy) is 3. The van der Waals surface area contributed by atoms with Crippen LogP contribution in [-0.4, -0.2) is 100 Å². The highest BCUT2D eigenvalue weighted by molar-refractivity contribution is 5.76. The van der Waals surface area contributed by atoms with Crippen molar-refractivity contribution in [2.75, 3.05) is 19.8 Å². The lowest BCUT2D eigenvalue weighted by Crippen LogP contribution is -2.60. The minimum Gasteiger partial charge on any atom is -0.466 e. The van der Waals surface area contributed by atoms with Gasteiger partial charge in [0, 0.05) is 12.8 Å². The summed E-state index contributed by atoms with van der Waals surface area (Å²) >= 11 is 0. The monoisotopic (exact) mass is 1110 g/mol. The first-order valence-electron chi connectivity index (χ1n) is 32.4. The van der Waals surface area contributed by atoms with Crippen molar-refractivity contribution in [3.63, 3.8) is 0 Å². The second kappa shape index (κ2) is 56.7. The van der Waals surface area contributed by atoms with Crippen molar-refractivity contribution in [1.82, 2.24) is 5.32 Å². The maximum Gasteiger partial charge on any atom is 0.305 e. The van der Waals surface area contributed by atoms with Crippen LogP contribution in [0.25, 0.3) is 0 Å². The molecule has 1 heterocycles. The maximum atomic E-state index is 13.0. The zero-order chi connectivity index (χ0) is 57.3. The molecule has 7 unspecified atom stereocenters. The number of nitrogens with one attached hydrogen (secondary N) is 1. The van der Waals surface area contributed by atoms with Gasteiger partial charge < -0.3 is 45.1 Å². The van der Waals surface area contributed by atoms with Gasteiger partial charge in [0.25, 0.3) is 0 Å². The Bertz CT molecular complexity index is 1590. The van der Waals surface area contributed by atoms with Gasteiger partial charge in [-0.15, -0.1) is 0 Å². The molecule has 1 aliphatic rings. The van der Waals surface area contributed by atoms with Gasteiger partial charge in [0.15, 0.2) is 6.29 Å². The van der Waals surface area contributed by atoms with Crippen LogP contribution < -0.4 is 5.32 Å². The number of unbranched alkanes of at least 4 members (excludes halogenated alkanes) is 29. The van der Waals surface area contributed by atoms with Gasteiger partial charge in [-0.2, -0.15) is 0 Å². The molecule has 0 aromatic carbocycles. The molecule has 1 saturated heterocycles. The van der Waals surface area contributed by atoms with Crippen LogP contribution in [0, 0.1) is 0 Å². The highest BCUT2D eigenvalue weighted by Gasteiger charge is 2.44. The molecule has 11 heteroatoms. The molecule has 1 aliphatic heterocycles. The second-order valence-electron chi connectivity index (χ2n) is 22.1. The second-order valence-corrected chi connectivity index (χ2v) is 22.1. The van der Waals surface area contributed by atoms with E-state index in [0.29, 0.717) is 19.4 Å². The number of amides is 1. The van der Waals surface area contributed by atoms with Gasteiger partial charge in [-0.1, -0.05) is 227 Å². The molecule has 0 aromatic heterocycles. The number of carbonyl (C=O) groups excluding carboxylic acids is 2. The minimum atomic E-state index is -1.58. The summed E-state index contributed by atoms with van der Waals surface area (Å²) in [5.41, 5.74) is 0. The largest absolute Gasteiger partial charge is 0.466 e. The van der Waals surface area contributed by atoms with Crippen molar-refractivity contribution in [2.24, 2.45) is 0 Å². The van der Waals surface area contributed by atoms with E-state index in [2.05, 4.69) is 92.1 Å². The third-order valence-electron chi connectivity index (χ3n) is 14.7. The summed E-state index contributed by atoms with van der Waals surface area (Å²) in [5, 5.41) is 54.4. The summed E-state index contributed by atoms with van der Waals surface area (Å²) in [5.74, 6) is -0.223. The van der Waals surface area contributed by atoms with E-state index in [9.17, 15) is 35.1 Å². The summed E-state index contributed by atoms with van der Waals surface area (Å²) < 4.78 is 16.7. The van der Waals surface area contributed by atoms with Crippen LogP contribution in [0.15, 0.2) is 85.1 Å². The summed E-state index contributed by atoms with van der Waals surface area (Å²) in [4.78, 5) is 25.1. The zero-order valence-corrected chi connectivity index (χ0v) is 50.3. The van der Waals surface area contributed by atoms with Crippen molar-refractivity contribution in [1.29, 1.82) is 0 Å². The molecule has 11 nitrogen and oxygen atoms in total. The standard InChI is InChI=1S/C68H119NO10/c1-3-5-7-9-11-13-15-30-34-38-42-46-50-54-61(71)60(59-78-68-67(76)66(75)65(74)62(58-70)79-68)69-63(72)55-51-47-43-39-35-32-28-26-24-22-20-18-17-19-21-23-25-27-29-33-37-41-45-49-53-57-77-64(73)56-52-48-44-40-36-31-16-14-12-10-8-6-4-2/h8,10-11,13-14,16,18-21,34,38,50,54,60-62,65-68,70-71,74-76H,3-7,9,12,15,17,22-33,35-37,39-49,51-53,55-59H2,1-2H3,(H,69,72)/b10-8-,13-11+,16-14-,20-18-,21-19-,38-34+,54-50+. The van der Waals surface area contributed by atoms with Crippen LogP contribution in [0.5, 0.6) is 0 Å². The molecule has 0 saturated carbocycles. The third kappa shape index (κ3) is 46.1. The Hall–Kier alpha value is -3.16. The Kier molecular flexibility index (Phi) is 53.0. The van der Waals surface area contributed by atoms with E-state index in [1.807, 2.05) is 6.08 Å². The summed E-state index contributed by atoms with van der Waals surface area (Å²) in [6.07, 6.45) is 66.9. The van der Waals surface area contributed by atoms with E-state index in [-0.39, 0.29) is 18.5 Å². The summed E-state index contributed by atoms with van der Waals surface area (Å²) in [6.45, 7) is 4.21. The van der Waals surface area contributed by atoms with Crippen LogP contribution >= 0.6 is 0 Å². The zero-order valence-electron chi connectivity index (χ0n) is 50.3. The van der Waals surface area contributed by atoms with Gasteiger partial charge >= 0.3 is 5.97 Å². The summed E-state index contributed by atoms with van der Waals surface area (Å²) in [6, 6.07) is -0.841. The Morgan fingerprint density at radius 3 is 1.38 bits per heavy atom. The van der Waals surface area contributed by atoms with Gasteiger partial charge in [-0.3, -0.25) is 9.59 Å². The van der Waals surface area contributed by atoms with Gasteiger partial charge in [-0.05, 0) is 116 Å². The quantitative estimate of drug-likeness (QED) is 0.0195. The van der Waals surface area contributed by atoms with Crippen LogP contribution in [0.4, 0.5) is 0 Å². The first-order valence-corrected chi connectivity index (χ1v) is 32.4. The molecule has 6 N–H and O–H groups in total. The van der Waals surface area contributed by atoms with Gasteiger partial charge in [0.2, 0.25) is 5.91 Å². The fraction of sp³-hybridized carbons (Fsp3) is 0.765. The number of hydrogen-bond donors (Lipinski definition) is 6. The molecule has 1 fully saturated rings. The molecular formula is C68H119NO10. The van der Waals surface area contributed by atoms with E-state index < -0.39 is 49.5 Å². The fourth-order valence-electron chi connectivity index (χ4n) is 9.53. The number of esters is 1. The lowest BCUT2D eigenvalue weighted by Gasteiger charge is -2.40. The number of carbonyl (C=O) groups is 2. The van der Waals surface area contributed by atoms with Gasteiger partial charge in [0.1, 0.15) is 24.4 Å². The highest BCUT2D eigenvalue weighted by atomic mass is 16.7. The molecule has 7 atom stereocenters. The normalized spacial score (nSPS) is 19.0.